The van der Waals surface area contributed by atoms with E-state index in [2.05, 4.69) is 9.69 Å². The standard InChI is InChI=1S/C23H26N2O6S/c1-14-10-16(12-20(29-4)22(14)30-5)21-17(13-32-25-21)15-6-7-19(28-3)18(11-15)24-23(26)31-9-8-27-2/h6-7,10-13H,8-9H2,1-5H3,(H,24,26). The van der Waals surface area contributed by atoms with Crippen molar-refractivity contribution < 1.29 is 28.5 Å². The second kappa shape index (κ2) is 10.8. The first-order valence-corrected chi connectivity index (χ1v) is 10.6. The molecule has 170 valence electrons. The summed E-state index contributed by atoms with van der Waals surface area (Å²) in [6.07, 6.45) is -0.586. The molecule has 0 saturated carbocycles. The van der Waals surface area contributed by atoms with E-state index in [1.165, 1.54) is 11.5 Å². The largest absolute Gasteiger partial charge is 0.495 e. The van der Waals surface area contributed by atoms with E-state index in [4.69, 9.17) is 23.7 Å². The number of benzene rings is 2. The Morgan fingerprint density at radius 1 is 0.969 bits per heavy atom. The number of nitrogens with zero attached hydrogens (tertiary/aromatic N) is 1. The highest BCUT2D eigenvalue weighted by Crippen LogP contribution is 2.40. The van der Waals surface area contributed by atoms with E-state index in [1.807, 2.05) is 36.6 Å². The van der Waals surface area contributed by atoms with Crippen LogP contribution in [-0.2, 0) is 9.47 Å². The predicted molar refractivity (Wildman–Crippen MR) is 124 cm³/mol. The molecule has 9 heteroatoms. The maximum Gasteiger partial charge on any atom is 0.411 e. The molecule has 1 heterocycles. The van der Waals surface area contributed by atoms with Gasteiger partial charge >= 0.3 is 6.09 Å². The number of methoxy groups -OCH3 is 4. The molecule has 1 amide bonds. The summed E-state index contributed by atoms with van der Waals surface area (Å²) in [6, 6.07) is 9.45. The van der Waals surface area contributed by atoms with E-state index in [0.717, 1.165) is 27.9 Å². The van der Waals surface area contributed by atoms with Crippen molar-refractivity contribution in [3.63, 3.8) is 0 Å². The van der Waals surface area contributed by atoms with E-state index in [-0.39, 0.29) is 6.61 Å². The lowest BCUT2D eigenvalue weighted by Gasteiger charge is -2.14. The zero-order valence-electron chi connectivity index (χ0n) is 18.7. The molecule has 3 aromatic rings. The fourth-order valence-corrected chi connectivity index (χ4v) is 3.99. The first-order chi connectivity index (χ1) is 15.5. The van der Waals surface area contributed by atoms with Crippen LogP contribution >= 0.6 is 11.5 Å². The monoisotopic (exact) mass is 458 g/mol. The first-order valence-electron chi connectivity index (χ1n) is 9.80. The lowest BCUT2D eigenvalue weighted by atomic mass is 9.99. The zero-order valence-corrected chi connectivity index (χ0v) is 19.5. The van der Waals surface area contributed by atoms with Crippen molar-refractivity contribution in [2.45, 2.75) is 6.92 Å². The fourth-order valence-electron chi connectivity index (χ4n) is 3.28. The molecule has 0 aliphatic carbocycles. The van der Waals surface area contributed by atoms with Gasteiger partial charge in [0.2, 0.25) is 0 Å². The molecule has 0 aliphatic heterocycles. The highest BCUT2D eigenvalue weighted by molar-refractivity contribution is 7.04. The van der Waals surface area contributed by atoms with Gasteiger partial charge < -0.3 is 23.7 Å². The van der Waals surface area contributed by atoms with Crippen LogP contribution in [0.1, 0.15) is 5.56 Å². The van der Waals surface area contributed by atoms with Gasteiger partial charge in [-0.05, 0) is 53.8 Å². The molecule has 1 aromatic heterocycles. The summed E-state index contributed by atoms with van der Waals surface area (Å²) >= 11 is 1.35. The number of carbonyl (C=O) groups is 1. The van der Waals surface area contributed by atoms with E-state index >= 15 is 0 Å². The van der Waals surface area contributed by atoms with E-state index in [9.17, 15) is 4.79 Å². The molecular formula is C23H26N2O6S. The van der Waals surface area contributed by atoms with Crippen LogP contribution in [0.25, 0.3) is 22.4 Å². The average Bonchev–Trinajstić information content (AvgIpc) is 3.28. The third kappa shape index (κ3) is 5.12. The molecule has 0 radical (unpaired) electrons. The Balaban J connectivity index is 1.96. The maximum atomic E-state index is 12.1. The highest BCUT2D eigenvalue weighted by atomic mass is 32.1. The second-order valence-corrected chi connectivity index (χ2v) is 7.40. The summed E-state index contributed by atoms with van der Waals surface area (Å²) < 4.78 is 30.9. The summed E-state index contributed by atoms with van der Waals surface area (Å²) in [5.74, 6) is 1.84. The van der Waals surface area contributed by atoms with Crippen LogP contribution in [0.3, 0.4) is 0 Å². The Labute approximate surface area is 191 Å². The van der Waals surface area contributed by atoms with Crippen molar-refractivity contribution in [2.75, 3.05) is 47.0 Å². The molecule has 8 nitrogen and oxygen atoms in total. The third-order valence-electron chi connectivity index (χ3n) is 4.78. The number of hydrogen-bond donors (Lipinski definition) is 1. The van der Waals surface area contributed by atoms with Crippen LogP contribution in [0, 0.1) is 6.92 Å². The number of aryl methyl sites for hydroxylation is 1. The van der Waals surface area contributed by atoms with Gasteiger partial charge in [-0.3, -0.25) is 5.32 Å². The lowest BCUT2D eigenvalue weighted by Crippen LogP contribution is -2.16. The number of hydrogen-bond acceptors (Lipinski definition) is 8. The fraction of sp³-hybridized carbons (Fsp3) is 0.304. The van der Waals surface area contributed by atoms with Crippen LogP contribution in [0.5, 0.6) is 17.2 Å². The van der Waals surface area contributed by atoms with Gasteiger partial charge in [-0.25, -0.2) is 4.79 Å². The van der Waals surface area contributed by atoms with Gasteiger partial charge in [0.25, 0.3) is 0 Å². The minimum Gasteiger partial charge on any atom is -0.495 e. The Kier molecular flexibility index (Phi) is 7.91. The maximum absolute atomic E-state index is 12.1. The van der Waals surface area contributed by atoms with Crippen molar-refractivity contribution in [1.29, 1.82) is 0 Å². The van der Waals surface area contributed by atoms with Gasteiger partial charge in [-0.2, -0.15) is 4.37 Å². The highest BCUT2D eigenvalue weighted by Gasteiger charge is 2.18. The number of nitrogens with one attached hydrogen (secondary N) is 1. The van der Waals surface area contributed by atoms with Crippen LogP contribution < -0.4 is 19.5 Å². The van der Waals surface area contributed by atoms with Crippen molar-refractivity contribution in [3.05, 3.63) is 41.3 Å². The zero-order chi connectivity index (χ0) is 23.1. The number of amides is 1. The minimum absolute atomic E-state index is 0.154. The van der Waals surface area contributed by atoms with Crippen molar-refractivity contribution in [2.24, 2.45) is 0 Å². The summed E-state index contributed by atoms with van der Waals surface area (Å²) in [6.45, 7) is 2.43. The SMILES string of the molecule is COCCOC(=O)Nc1cc(-c2csnc2-c2cc(C)c(OC)c(OC)c2)ccc1OC. The second-order valence-electron chi connectivity index (χ2n) is 6.77. The Morgan fingerprint density at radius 3 is 2.44 bits per heavy atom. The molecule has 1 N–H and O–H groups in total. The molecule has 0 spiro atoms. The summed E-state index contributed by atoms with van der Waals surface area (Å²) in [4.78, 5) is 12.1. The van der Waals surface area contributed by atoms with E-state index < -0.39 is 6.09 Å². The molecule has 0 saturated heterocycles. The van der Waals surface area contributed by atoms with Crippen LogP contribution in [0.15, 0.2) is 35.7 Å². The number of rotatable bonds is 9. The van der Waals surface area contributed by atoms with Crippen LogP contribution in [0.4, 0.5) is 10.5 Å². The molecule has 2 aromatic carbocycles. The number of ether oxygens (including phenoxy) is 5. The third-order valence-corrected chi connectivity index (χ3v) is 5.40. The summed E-state index contributed by atoms with van der Waals surface area (Å²) in [5.41, 5.74) is 4.93. The molecule has 0 unspecified atom stereocenters. The van der Waals surface area contributed by atoms with Gasteiger partial charge in [-0.15, -0.1) is 0 Å². The Hall–Kier alpha value is -3.30. The van der Waals surface area contributed by atoms with Gasteiger partial charge in [0.1, 0.15) is 12.4 Å². The molecule has 0 aliphatic rings. The lowest BCUT2D eigenvalue weighted by molar-refractivity contribution is 0.107. The van der Waals surface area contributed by atoms with Gasteiger partial charge in [0.05, 0.1) is 39.3 Å². The minimum atomic E-state index is -0.586. The molecule has 0 bridgehead atoms. The Morgan fingerprint density at radius 2 is 1.75 bits per heavy atom. The van der Waals surface area contributed by atoms with Gasteiger partial charge in [-0.1, -0.05) is 6.07 Å². The van der Waals surface area contributed by atoms with Crippen molar-refractivity contribution in [1.82, 2.24) is 4.37 Å². The van der Waals surface area contributed by atoms with Crippen LogP contribution in [-0.4, -0.2) is 52.1 Å². The summed E-state index contributed by atoms with van der Waals surface area (Å²) in [7, 11) is 6.31. The first kappa shape index (κ1) is 23.4. The average molecular weight is 459 g/mol. The topological polar surface area (TPSA) is 88.1 Å². The number of aromatic nitrogens is 1. The predicted octanol–water partition coefficient (Wildman–Crippen LogP) is 5.01. The summed E-state index contributed by atoms with van der Waals surface area (Å²) in [5, 5.41) is 4.69. The van der Waals surface area contributed by atoms with Crippen molar-refractivity contribution >= 4 is 23.3 Å². The molecule has 0 atom stereocenters. The van der Waals surface area contributed by atoms with Crippen LogP contribution in [0.2, 0.25) is 0 Å². The Bertz CT molecular complexity index is 1080. The smallest absolute Gasteiger partial charge is 0.411 e. The van der Waals surface area contributed by atoms with Gasteiger partial charge in [0, 0.05) is 23.6 Å². The molecule has 3 rings (SSSR count). The number of anilines is 1. The van der Waals surface area contributed by atoms with E-state index in [0.29, 0.717) is 29.5 Å². The molecule has 32 heavy (non-hydrogen) atoms. The normalized spacial score (nSPS) is 10.5. The molecular weight excluding hydrogens is 432 g/mol. The van der Waals surface area contributed by atoms with E-state index in [1.54, 1.807) is 34.5 Å². The molecule has 0 fully saturated rings. The van der Waals surface area contributed by atoms with Crippen molar-refractivity contribution in [3.8, 4) is 39.6 Å². The number of carbonyl (C=O) groups excluding carboxylic acids is 1. The quantitative estimate of drug-likeness (QED) is 0.451. The van der Waals surface area contributed by atoms with Gasteiger partial charge in [0.15, 0.2) is 11.5 Å².